The van der Waals surface area contributed by atoms with Crippen molar-refractivity contribution in [3.8, 4) is 0 Å². The average molecular weight is 845 g/mol. The van der Waals surface area contributed by atoms with Crippen LogP contribution in [-0.2, 0) is 23.9 Å². The molecule has 2 atom stereocenters. The topological polar surface area (TPSA) is 89.9 Å². The number of carboxylic acids is 1. The fourth-order valence-corrected chi connectivity index (χ4v) is 8.06. The summed E-state index contributed by atoms with van der Waals surface area (Å²) in [5.74, 6) is -1.06. The van der Waals surface area contributed by atoms with E-state index in [9.17, 15) is 14.4 Å². The predicted octanol–water partition coefficient (Wildman–Crippen LogP) is 17.5. The summed E-state index contributed by atoms with van der Waals surface area (Å²) in [7, 11) is 0. The van der Waals surface area contributed by atoms with Crippen LogP contribution in [0, 0.1) is 0 Å². The van der Waals surface area contributed by atoms with Crippen LogP contribution in [0.25, 0.3) is 0 Å². The van der Waals surface area contributed by atoms with Crippen molar-refractivity contribution in [3.63, 3.8) is 0 Å². The molecule has 60 heavy (non-hydrogen) atoms. The van der Waals surface area contributed by atoms with Gasteiger partial charge in [-0.3, -0.25) is 14.4 Å². The molecular formula is C54H100O6. The Labute approximate surface area is 372 Å². The van der Waals surface area contributed by atoms with Gasteiger partial charge in [0, 0.05) is 19.3 Å². The zero-order valence-electron chi connectivity index (χ0n) is 40.2. The fraction of sp³-hybridized carbons (Fsp3) is 0.870. The molecule has 0 aromatic rings. The van der Waals surface area contributed by atoms with Gasteiger partial charge in [-0.1, -0.05) is 199 Å². The average Bonchev–Trinajstić information content (AvgIpc) is 3.23. The van der Waals surface area contributed by atoms with Gasteiger partial charge in [0.1, 0.15) is 12.2 Å². The minimum absolute atomic E-state index is 0.157. The molecular weight excluding hydrogens is 745 g/mol. The van der Waals surface area contributed by atoms with E-state index in [-0.39, 0.29) is 18.4 Å². The van der Waals surface area contributed by atoms with Gasteiger partial charge in [-0.15, -0.1) is 0 Å². The second kappa shape index (κ2) is 47.9. The van der Waals surface area contributed by atoms with Crippen molar-refractivity contribution in [2.24, 2.45) is 0 Å². The molecule has 0 rings (SSSR count). The quantitative estimate of drug-likeness (QED) is 0.0373. The van der Waals surface area contributed by atoms with Crippen LogP contribution in [0.1, 0.15) is 290 Å². The molecule has 0 fully saturated rings. The fourth-order valence-electron chi connectivity index (χ4n) is 8.06. The first-order valence-corrected chi connectivity index (χ1v) is 26.3. The van der Waals surface area contributed by atoms with E-state index >= 15 is 0 Å². The number of hydrogen-bond acceptors (Lipinski definition) is 5. The molecule has 0 aliphatic heterocycles. The summed E-state index contributed by atoms with van der Waals surface area (Å²) in [5, 5.41) is 8.99. The monoisotopic (exact) mass is 845 g/mol. The first-order chi connectivity index (χ1) is 29.4. The maximum Gasteiger partial charge on any atom is 0.306 e. The van der Waals surface area contributed by atoms with E-state index in [0.29, 0.717) is 25.7 Å². The van der Waals surface area contributed by atoms with Crippen molar-refractivity contribution in [2.45, 2.75) is 303 Å². The molecule has 0 aromatic heterocycles. The van der Waals surface area contributed by atoms with Gasteiger partial charge in [0.2, 0.25) is 0 Å². The minimum atomic E-state index is -0.741. The van der Waals surface area contributed by atoms with Gasteiger partial charge in [0.05, 0.1) is 0 Å². The predicted molar refractivity (Wildman–Crippen MR) is 257 cm³/mol. The van der Waals surface area contributed by atoms with E-state index in [2.05, 4.69) is 45.1 Å². The lowest BCUT2D eigenvalue weighted by Gasteiger charge is -2.27. The molecule has 0 aliphatic rings. The summed E-state index contributed by atoms with van der Waals surface area (Å²) in [6.07, 6.45) is 54.1. The Morgan fingerprint density at radius 3 is 0.900 bits per heavy atom. The molecule has 0 aromatic carbocycles. The highest BCUT2D eigenvalue weighted by Gasteiger charge is 2.28. The number of unbranched alkanes of at least 4 members (excludes halogenated alkanes) is 31. The van der Waals surface area contributed by atoms with Gasteiger partial charge in [-0.25, -0.2) is 0 Å². The first-order valence-electron chi connectivity index (χ1n) is 26.3. The van der Waals surface area contributed by atoms with Crippen LogP contribution in [0.2, 0.25) is 0 Å². The molecule has 0 amide bonds. The third-order valence-electron chi connectivity index (χ3n) is 12.0. The Hall–Kier alpha value is -2.11. The SMILES string of the molecule is CCCCCCCC/C=C\CCCCCCCC(=O)OC(CCCCCCCC)C(CCCCCCCC(=O)O)OC(=O)CCCCCCC/C=C\CCCCCCCC. The second-order valence-electron chi connectivity index (χ2n) is 18.0. The van der Waals surface area contributed by atoms with Crippen molar-refractivity contribution >= 4 is 17.9 Å². The lowest BCUT2D eigenvalue weighted by Crippen LogP contribution is -2.35. The van der Waals surface area contributed by atoms with Crippen LogP contribution in [0.4, 0.5) is 0 Å². The summed E-state index contributed by atoms with van der Waals surface area (Å²) in [4.78, 5) is 37.5. The van der Waals surface area contributed by atoms with Crippen molar-refractivity contribution in [3.05, 3.63) is 24.3 Å². The number of allylic oxidation sites excluding steroid dienone is 4. The summed E-state index contributed by atoms with van der Waals surface area (Å²) < 4.78 is 12.4. The number of hydrogen-bond donors (Lipinski definition) is 1. The third-order valence-corrected chi connectivity index (χ3v) is 12.0. The van der Waals surface area contributed by atoms with Crippen molar-refractivity contribution in [2.75, 3.05) is 0 Å². The number of ether oxygens (including phenoxy) is 2. The highest BCUT2D eigenvalue weighted by molar-refractivity contribution is 5.70. The Balaban J connectivity index is 4.89. The van der Waals surface area contributed by atoms with E-state index in [1.807, 2.05) is 0 Å². The van der Waals surface area contributed by atoms with Gasteiger partial charge in [-0.2, -0.15) is 0 Å². The highest BCUT2D eigenvalue weighted by Crippen LogP contribution is 2.23. The van der Waals surface area contributed by atoms with Crippen LogP contribution in [-0.4, -0.2) is 35.2 Å². The van der Waals surface area contributed by atoms with Crippen molar-refractivity contribution < 1.29 is 29.0 Å². The van der Waals surface area contributed by atoms with Gasteiger partial charge >= 0.3 is 17.9 Å². The number of carbonyl (C=O) groups is 3. The zero-order chi connectivity index (χ0) is 43.8. The smallest absolute Gasteiger partial charge is 0.306 e. The first kappa shape index (κ1) is 57.9. The molecule has 1 N–H and O–H groups in total. The van der Waals surface area contributed by atoms with Crippen LogP contribution in [0.3, 0.4) is 0 Å². The molecule has 6 heteroatoms. The third kappa shape index (κ3) is 44.0. The molecule has 0 bridgehead atoms. The molecule has 0 heterocycles. The van der Waals surface area contributed by atoms with E-state index in [4.69, 9.17) is 14.6 Å². The Kier molecular flexibility index (Phi) is 46.2. The maximum absolute atomic E-state index is 13.3. The lowest BCUT2D eigenvalue weighted by atomic mass is 9.99. The second-order valence-corrected chi connectivity index (χ2v) is 18.0. The normalized spacial score (nSPS) is 12.7. The molecule has 0 spiro atoms. The maximum atomic E-state index is 13.3. The van der Waals surface area contributed by atoms with E-state index in [1.165, 1.54) is 141 Å². The molecule has 0 aliphatic carbocycles. The van der Waals surface area contributed by atoms with Gasteiger partial charge in [-0.05, 0) is 96.3 Å². The van der Waals surface area contributed by atoms with Gasteiger partial charge in [0.25, 0.3) is 0 Å². The Morgan fingerprint density at radius 2 is 0.600 bits per heavy atom. The van der Waals surface area contributed by atoms with E-state index in [1.54, 1.807) is 0 Å². The largest absolute Gasteiger partial charge is 0.481 e. The summed E-state index contributed by atoms with van der Waals surface area (Å²) in [5.41, 5.74) is 0. The van der Waals surface area contributed by atoms with E-state index < -0.39 is 18.2 Å². The number of aliphatic carboxylic acids is 1. The molecule has 0 saturated carbocycles. The molecule has 6 nitrogen and oxygen atoms in total. The summed E-state index contributed by atoms with van der Waals surface area (Å²) >= 11 is 0. The Bertz CT molecular complexity index is 989. The number of carboxylic acid groups (broad SMARTS) is 1. The van der Waals surface area contributed by atoms with E-state index in [0.717, 1.165) is 96.3 Å². The number of rotatable bonds is 48. The highest BCUT2D eigenvalue weighted by atomic mass is 16.6. The molecule has 0 radical (unpaired) electrons. The Morgan fingerprint density at radius 1 is 0.350 bits per heavy atom. The summed E-state index contributed by atoms with van der Waals surface area (Å²) in [6, 6.07) is 0. The van der Waals surface area contributed by atoms with Crippen LogP contribution in [0.5, 0.6) is 0 Å². The molecule has 352 valence electrons. The molecule has 2 unspecified atom stereocenters. The van der Waals surface area contributed by atoms with Crippen molar-refractivity contribution in [1.82, 2.24) is 0 Å². The van der Waals surface area contributed by atoms with Gasteiger partial charge < -0.3 is 14.6 Å². The zero-order valence-corrected chi connectivity index (χ0v) is 40.2. The lowest BCUT2D eigenvalue weighted by molar-refractivity contribution is -0.169. The summed E-state index contributed by atoms with van der Waals surface area (Å²) in [6.45, 7) is 6.76. The minimum Gasteiger partial charge on any atom is -0.481 e. The standard InChI is InChI=1S/C54H100O6/c1-4-7-10-13-16-18-20-22-24-26-28-30-32-38-43-48-53(57)59-50(45-40-35-15-12-9-6-3)51(46-41-36-34-37-42-47-52(55)56)60-54(58)49-44-39-33-31-29-27-25-23-21-19-17-14-11-8-5-2/h22-25,50-51H,4-21,26-49H2,1-3H3,(H,55,56)/b24-22-,25-23-. The van der Waals surface area contributed by atoms with Crippen molar-refractivity contribution in [1.29, 1.82) is 0 Å². The van der Waals surface area contributed by atoms with Gasteiger partial charge in [0.15, 0.2) is 0 Å². The number of carbonyl (C=O) groups excluding carboxylic acids is 2. The van der Waals surface area contributed by atoms with Crippen LogP contribution < -0.4 is 0 Å². The number of esters is 2. The van der Waals surface area contributed by atoms with Crippen LogP contribution in [0.15, 0.2) is 24.3 Å². The van der Waals surface area contributed by atoms with Crippen LogP contribution >= 0.6 is 0 Å². The molecule has 0 saturated heterocycles.